The molecule has 0 aromatic heterocycles. The molecule has 0 aliphatic rings. The van der Waals surface area contributed by atoms with Crippen LogP contribution in [0.5, 0.6) is 5.75 Å². The molecule has 0 atom stereocenters. The predicted molar refractivity (Wildman–Crippen MR) is 166 cm³/mol. The number of ketones is 1. The van der Waals surface area contributed by atoms with Crippen molar-refractivity contribution < 1.29 is 28.6 Å². The highest BCUT2D eigenvalue weighted by molar-refractivity contribution is 6.02. The van der Waals surface area contributed by atoms with Crippen molar-refractivity contribution in [3.63, 3.8) is 0 Å². The first kappa shape index (κ1) is 34.7. The molecule has 0 aliphatic heterocycles. The van der Waals surface area contributed by atoms with E-state index in [-0.39, 0.29) is 17.1 Å². The molecule has 3 rings (SSSR count). The van der Waals surface area contributed by atoms with E-state index in [2.05, 4.69) is 13.8 Å². The summed E-state index contributed by atoms with van der Waals surface area (Å²) in [4.78, 5) is 23.2. The number of carbonyl (C=O) groups is 2. The van der Waals surface area contributed by atoms with Crippen molar-refractivity contribution in [1.82, 2.24) is 0 Å². The van der Waals surface area contributed by atoms with Crippen LogP contribution in [0.25, 0.3) is 11.1 Å². The Labute approximate surface area is 249 Å². The highest BCUT2D eigenvalue weighted by Crippen LogP contribution is 2.27. The van der Waals surface area contributed by atoms with Gasteiger partial charge in [-0.15, -0.1) is 0 Å². The highest BCUT2D eigenvalue weighted by atomic mass is 19.2. The molecule has 0 amide bonds. The van der Waals surface area contributed by atoms with Gasteiger partial charge in [-0.1, -0.05) is 121 Å². The average Bonchev–Trinajstić information content (AvgIpc) is 2.99. The summed E-state index contributed by atoms with van der Waals surface area (Å²) < 4.78 is 27.0. The van der Waals surface area contributed by atoms with Gasteiger partial charge in [0.15, 0.2) is 17.4 Å². The number of rotatable bonds is 17. The molecular weight excluding hydrogens is 534 g/mol. The van der Waals surface area contributed by atoms with E-state index in [1.807, 2.05) is 36.4 Å². The molecule has 42 heavy (non-hydrogen) atoms. The minimum Gasteiger partial charge on any atom is -0.508 e. The maximum atomic E-state index is 13.6. The summed E-state index contributed by atoms with van der Waals surface area (Å²) in [6.45, 7) is 4.35. The number of benzene rings is 3. The van der Waals surface area contributed by atoms with Gasteiger partial charge in [0.25, 0.3) is 0 Å². The van der Waals surface area contributed by atoms with E-state index in [0.717, 1.165) is 54.9 Å². The lowest BCUT2D eigenvalue weighted by Crippen LogP contribution is -2.05. The van der Waals surface area contributed by atoms with Crippen LogP contribution >= 0.6 is 0 Å². The van der Waals surface area contributed by atoms with E-state index >= 15 is 0 Å². The number of carboxylic acid groups (broad SMARTS) is 1. The largest absolute Gasteiger partial charge is 0.508 e. The van der Waals surface area contributed by atoms with E-state index in [9.17, 15) is 23.5 Å². The van der Waals surface area contributed by atoms with Crippen LogP contribution in [0.3, 0.4) is 0 Å². The van der Waals surface area contributed by atoms with Crippen molar-refractivity contribution in [1.29, 1.82) is 0 Å². The fourth-order valence-corrected chi connectivity index (χ4v) is 4.86. The summed E-state index contributed by atoms with van der Waals surface area (Å²) in [6.07, 6.45) is 14.6. The van der Waals surface area contributed by atoms with Crippen LogP contribution in [-0.2, 0) is 6.42 Å². The predicted octanol–water partition coefficient (Wildman–Crippen LogP) is 10.6. The van der Waals surface area contributed by atoms with Gasteiger partial charge in [0.1, 0.15) is 5.75 Å². The maximum absolute atomic E-state index is 13.6. The number of aromatic hydroxyl groups is 1. The molecule has 2 N–H and O–H groups in total. The molecule has 0 spiro atoms. The summed E-state index contributed by atoms with van der Waals surface area (Å²) in [5, 5.41) is 18.1. The van der Waals surface area contributed by atoms with E-state index in [1.54, 1.807) is 12.1 Å². The van der Waals surface area contributed by atoms with E-state index in [0.29, 0.717) is 12.8 Å². The summed E-state index contributed by atoms with van der Waals surface area (Å²) >= 11 is 0. The second kappa shape index (κ2) is 19.6. The van der Waals surface area contributed by atoms with Crippen LogP contribution < -0.4 is 0 Å². The first-order valence-electron chi connectivity index (χ1n) is 15.4. The highest BCUT2D eigenvalue weighted by Gasteiger charge is 2.17. The zero-order valence-corrected chi connectivity index (χ0v) is 25.1. The van der Waals surface area contributed by atoms with Gasteiger partial charge in [-0.05, 0) is 54.2 Å². The van der Waals surface area contributed by atoms with Crippen molar-refractivity contribution in [2.45, 2.75) is 104 Å². The molecule has 3 aromatic carbocycles. The van der Waals surface area contributed by atoms with Crippen LogP contribution in [-0.4, -0.2) is 22.0 Å². The Morgan fingerprint density at radius 1 is 0.643 bits per heavy atom. The number of phenols is 1. The number of Topliss-reactive ketones (excluding diaryl/α,β-unsaturated/α-hetero) is 1. The van der Waals surface area contributed by atoms with Crippen LogP contribution in [0.4, 0.5) is 8.78 Å². The Morgan fingerprint density at radius 3 is 1.83 bits per heavy atom. The van der Waals surface area contributed by atoms with Gasteiger partial charge in [-0.2, -0.15) is 0 Å². The number of aromatic carboxylic acids is 1. The molecule has 0 radical (unpaired) electrons. The monoisotopic (exact) mass is 580 g/mol. The molecule has 228 valence electrons. The number of hydrogen-bond acceptors (Lipinski definition) is 3. The third-order valence-electron chi connectivity index (χ3n) is 7.36. The minimum atomic E-state index is -1.44. The average molecular weight is 581 g/mol. The van der Waals surface area contributed by atoms with Crippen molar-refractivity contribution in [3.05, 3.63) is 89.0 Å². The van der Waals surface area contributed by atoms with E-state index in [4.69, 9.17) is 5.11 Å². The summed E-state index contributed by atoms with van der Waals surface area (Å²) in [5.74, 6) is -3.26. The third kappa shape index (κ3) is 11.8. The molecule has 4 nitrogen and oxygen atoms in total. The lowest BCUT2D eigenvalue weighted by Gasteiger charge is -2.09. The fourth-order valence-electron chi connectivity index (χ4n) is 4.86. The minimum absolute atomic E-state index is 0.212. The van der Waals surface area contributed by atoms with Gasteiger partial charge < -0.3 is 10.2 Å². The molecule has 0 saturated heterocycles. The second-order valence-electron chi connectivity index (χ2n) is 10.8. The third-order valence-corrected chi connectivity index (χ3v) is 7.36. The van der Waals surface area contributed by atoms with E-state index in [1.165, 1.54) is 51.0 Å². The Morgan fingerprint density at radius 2 is 1.21 bits per heavy atom. The van der Waals surface area contributed by atoms with Crippen LogP contribution in [0.15, 0.2) is 60.7 Å². The van der Waals surface area contributed by atoms with Gasteiger partial charge >= 0.3 is 5.97 Å². The molecule has 0 saturated carbocycles. The van der Waals surface area contributed by atoms with Gasteiger partial charge in [-0.3, -0.25) is 4.79 Å². The lowest BCUT2D eigenvalue weighted by molar-refractivity contribution is 0.0690. The molecule has 3 aromatic rings. The maximum Gasteiger partial charge on any atom is 0.338 e. The Hall–Kier alpha value is -3.54. The van der Waals surface area contributed by atoms with Gasteiger partial charge in [-0.25, -0.2) is 13.6 Å². The zero-order valence-electron chi connectivity index (χ0n) is 25.1. The van der Waals surface area contributed by atoms with Crippen molar-refractivity contribution in [2.24, 2.45) is 0 Å². The molecule has 0 fully saturated rings. The first-order valence-corrected chi connectivity index (χ1v) is 15.4. The Bertz CT molecular complexity index is 1240. The quantitative estimate of drug-likeness (QED) is 0.123. The second-order valence-corrected chi connectivity index (χ2v) is 10.8. The smallest absolute Gasteiger partial charge is 0.338 e. The van der Waals surface area contributed by atoms with E-state index < -0.39 is 23.2 Å². The normalized spacial score (nSPS) is 10.7. The number of phenolic OH excluding ortho intramolecular Hbond substituents is 1. The molecule has 6 heteroatoms. The van der Waals surface area contributed by atoms with Gasteiger partial charge in [0.2, 0.25) is 0 Å². The summed E-state index contributed by atoms with van der Waals surface area (Å²) in [6, 6.07) is 17.3. The van der Waals surface area contributed by atoms with Crippen LogP contribution in [0, 0.1) is 11.6 Å². The molecule has 0 heterocycles. The number of hydrogen-bond donors (Lipinski definition) is 2. The fraction of sp³-hybridized carbons (Fsp3) is 0.444. The molecule has 0 unspecified atom stereocenters. The number of carbonyl (C=O) groups excluding carboxylic acids is 1. The number of halogens is 2. The Balaban J connectivity index is 0.000000299. The van der Waals surface area contributed by atoms with Crippen molar-refractivity contribution >= 4 is 11.8 Å². The van der Waals surface area contributed by atoms with Gasteiger partial charge in [0.05, 0.1) is 5.56 Å². The number of unbranched alkanes of at least 4 members (excludes halogenated alkanes) is 10. The topological polar surface area (TPSA) is 74.6 Å². The van der Waals surface area contributed by atoms with Crippen LogP contribution in [0.1, 0.15) is 124 Å². The summed E-state index contributed by atoms with van der Waals surface area (Å²) in [7, 11) is 0. The standard InChI is InChI=1S/C21H26O2.C15H20F2O2/c1-2-3-4-5-6-7-12-21(23)20-11-9-8-10-19(20)17-13-15-18(22)16-14-17;1-2-3-4-5-6-7-8-11-9-10-12(15(18)19)14(17)13(11)16/h8-11,13-16,22H,2-7,12H2,1H3;9-10H,2-8H2,1H3,(H,18,19). The SMILES string of the molecule is CCCCCCCCC(=O)c1ccccc1-c1ccc(O)cc1.CCCCCCCCc1ccc(C(=O)O)c(F)c1F. The molecule has 0 aliphatic carbocycles. The summed E-state index contributed by atoms with van der Waals surface area (Å²) in [5.41, 5.74) is 2.35. The Kier molecular flexibility index (Phi) is 16.1. The number of carboxylic acids is 1. The van der Waals surface area contributed by atoms with Crippen LogP contribution in [0.2, 0.25) is 0 Å². The van der Waals surface area contributed by atoms with Crippen molar-refractivity contribution in [3.8, 4) is 16.9 Å². The van der Waals surface area contributed by atoms with Gasteiger partial charge in [0, 0.05) is 12.0 Å². The number of aryl methyl sites for hydroxylation is 1. The molecule has 0 bridgehead atoms. The van der Waals surface area contributed by atoms with Crippen molar-refractivity contribution in [2.75, 3.05) is 0 Å². The zero-order chi connectivity index (χ0) is 30.7. The molecular formula is C36H46F2O4. The first-order chi connectivity index (χ1) is 20.3. The lowest BCUT2D eigenvalue weighted by atomic mass is 9.94.